The fraction of sp³-hybridized carbons (Fsp3) is 0.273. The van der Waals surface area contributed by atoms with Crippen LogP contribution in [0.5, 0.6) is 0 Å². The van der Waals surface area contributed by atoms with Gasteiger partial charge in [0, 0.05) is 54.7 Å². The monoisotopic (exact) mass is 424 g/mol. The van der Waals surface area contributed by atoms with Crippen LogP contribution in [0.4, 0.5) is 10.1 Å². The van der Waals surface area contributed by atoms with E-state index in [1.165, 1.54) is 11.8 Å². The van der Waals surface area contributed by atoms with E-state index >= 15 is 0 Å². The number of amides is 1. The van der Waals surface area contributed by atoms with Crippen LogP contribution in [0, 0.1) is 5.82 Å². The molecule has 2 aromatic heterocycles. The van der Waals surface area contributed by atoms with Crippen molar-refractivity contribution in [2.75, 3.05) is 44.2 Å². The molecule has 30 heavy (non-hydrogen) atoms. The third-order valence-electron chi connectivity index (χ3n) is 5.54. The van der Waals surface area contributed by atoms with Crippen molar-refractivity contribution in [3.05, 3.63) is 59.4 Å². The molecule has 1 amide bonds. The van der Waals surface area contributed by atoms with Gasteiger partial charge in [-0.15, -0.1) is 11.3 Å². The largest absolute Gasteiger partial charge is 0.368 e. The molecule has 0 bridgehead atoms. The number of carbonyl (C=O) groups excluding carboxylic acids is 1. The van der Waals surface area contributed by atoms with Crippen LogP contribution in [0.15, 0.2) is 52.4 Å². The summed E-state index contributed by atoms with van der Waals surface area (Å²) in [5.41, 5.74) is 2.12. The molecule has 0 saturated carbocycles. The van der Waals surface area contributed by atoms with Crippen LogP contribution in [0.1, 0.15) is 10.5 Å². The van der Waals surface area contributed by atoms with E-state index in [2.05, 4.69) is 25.7 Å². The van der Waals surface area contributed by atoms with Crippen molar-refractivity contribution in [3.8, 4) is 0 Å². The maximum atomic E-state index is 13.4. The zero-order valence-electron chi connectivity index (χ0n) is 16.3. The highest BCUT2D eigenvalue weighted by atomic mass is 32.1. The summed E-state index contributed by atoms with van der Waals surface area (Å²) in [5.74, 6) is -0.406. The van der Waals surface area contributed by atoms with Crippen LogP contribution in [-0.2, 0) is 0 Å². The third-order valence-corrected chi connectivity index (χ3v) is 6.47. The molecule has 0 spiro atoms. The first-order valence-electron chi connectivity index (χ1n) is 9.96. The minimum absolute atomic E-state index is 0.193. The number of hydrogen-bond acceptors (Lipinski definition) is 6. The quantitative estimate of drug-likeness (QED) is 0.529. The van der Waals surface area contributed by atoms with Crippen molar-refractivity contribution in [2.45, 2.75) is 0 Å². The minimum Gasteiger partial charge on any atom is -0.368 e. The standard InChI is InChI=1S/C22H21FN4O2S/c23-15-5-6-16-18(14-30-20(16)13-15)27-11-9-26(10-12-27)8-7-24-22(28)21-17-3-1-2-4-19(17)29-25-21/h1-6,13-14H,7-12H2,(H,24,28). The molecule has 0 unspecified atom stereocenters. The number of thiophene rings is 1. The Labute approximate surface area is 176 Å². The number of halogens is 1. The lowest BCUT2D eigenvalue weighted by molar-refractivity contribution is 0.0940. The fourth-order valence-electron chi connectivity index (χ4n) is 3.91. The minimum atomic E-state index is -0.212. The molecule has 1 saturated heterocycles. The summed E-state index contributed by atoms with van der Waals surface area (Å²) in [5, 5.41) is 10.8. The predicted molar refractivity (Wildman–Crippen MR) is 117 cm³/mol. The highest BCUT2D eigenvalue weighted by Crippen LogP contribution is 2.33. The second-order valence-corrected chi connectivity index (χ2v) is 8.28. The number of nitrogens with one attached hydrogen (secondary N) is 1. The van der Waals surface area contributed by atoms with Gasteiger partial charge in [0.1, 0.15) is 5.82 Å². The number of anilines is 1. The van der Waals surface area contributed by atoms with Gasteiger partial charge in [0.2, 0.25) is 0 Å². The van der Waals surface area contributed by atoms with Crippen molar-refractivity contribution in [2.24, 2.45) is 0 Å². The lowest BCUT2D eigenvalue weighted by Gasteiger charge is -2.35. The van der Waals surface area contributed by atoms with Crippen molar-refractivity contribution < 1.29 is 13.7 Å². The summed E-state index contributed by atoms with van der Waals surface area (Å²) in [6.07, 6.45) is 0. The maximum absolute atomic E-state index is 13.4. The summed E-state index contributed by atoms with van der Waals surface area (Å²) in [6, 6.07) is 12.3. The number of piperazine rings is 1. The van der Waals surface area contributed by atoms with E-state index in [0.717, 1.165) is 48.2 Å². The molecule has 1 N–H and O–H groups in total. The summed E-state index contributed by atoms with van der Waals surface area (Å²) < 4.78 is 19.6. The first-order chi connectivity index (χ1) is 14.7. The summed E-state index contributed by atoms with van der Waals surface area (Å²) in [6.45, 7) is 4.99. The molecule has 8 heteroatoms. The molecule has 3 heterocycles. The number of benzene rings is 2. The van der Waals surface area contributed by atoms with E-state index in [0.29, 0.717) is 17.8 Å². The molecule has 154 valence electrons. The Morgan fingerprint density at radius 1 is 1.13 bits per heavy atom. The molecular formula is C22H21FN4O2S. The van der Waals surface area contributed by atoms with Gasteiger partial charge in [0.15, 0.2) is 11.3 Å². The lowest BCUT2D eigenvalue weighted by Crippen LogP contribution is -2.48. The van der Waals surface area contributed by atoms with E-state index in [4.69, 9.17) is 4.52 Å². The van der Waals surface area contributed by atoms with Crippen molar-refractivity contribution >= 4 is 44.0 Å². The topological polar surface area (TPSA) is 61.6 Å². The van der Waals surface area contributed by atoms with Gasteiger partial charge < -0.3 is 14.7 Å². The Balaban J connectivity index is 1.13. The Morgan fingerprint density at radius 2 is 1.97 bits per heavy atom. The third kappa shape index (κ3) is 3.64. The molecule has 6 nitrogen and oxygen atoms in total. The smallest absolute Gasteiger partial charge is 0.274 e. The molecule has 1 fully saturated rings. The fourth-order valence-corrected chi connectivity index (χ4v) is 4.90. The Kier molecular flexibility index (Phi) is 5.10. The van der Waals surface area contributed by atoms with Gasteiger partial charge in [0.05, 0.1) is 11.1 Å². The maximum Gasteiger partial charge on any atom is 0.274 e. The van der Waals surface area contributed by atoms with Crippen molar-refractivity contribution in [1.82, 2.24) is 15.4 Å². The summed E-state index contributed by atoms with van der Waals surface area (Å²) in [7, 11) is 0. The van der Waals surface area contributed by atoms with Gasteiger partial charge >= 0.3 is 0 Å². The van der Waals surface area contributed by atoms with Crippen molar-refractivity contribution in [1.29, 1.82) is 0 Å². The van der Waals surface area contributed by atoms with E-state index < -0.39 is 0 Å². The van der Waals surface area contributed by atoms with Crippen LogP contribution in [-0.4, -0.2) is 55.2 Å². The lowest BCUT2D eigenvalue weighted by atomic mass is 10.2. The SMILES string of the molecule is O=C(NCCN1CCN(c2csc3cc(F)ccc23)CC1)c1noc2ccccc12. The molecule has 0 atom stereocenters. The molecule has 5 rings (SSSR count). The molecule has 2 aromatic carbocycles. The van der Waals surface area contributed by atoms with Crippen LogP contribution in [0.2, 0.25) is 0 Å². The number of fused-ring (bicyclic) bond motifs is 2. The molecule has 1 aliphatic heterocycles. The number of hydrogen-bond donors (Lipinski definition) is 1. The second kappa shape index (κ2) is 8.04. The molecular weight excluding hydrogens is 403 g/mol. The molecule has 0 radical (unpaired) electrons. The van der Waals surface area contributed by atoms with E-state index in [-0.39, 0.29) is 11.7 Å². The number of carbonyl (C=O) groups is 1. The van der Waals surface area contributed by atoms with Crippen LogP contribution in [0.3, 0.4) is 0 Å². The number of rotatable bonds is 5. The van der Waals surface area contributed by atoms with E-state index in [9.17, 15) is 9.18 Å². The number of para-hydroxylation sites is 1. The predicted octanol–water partition coefficient (Wildman–Crippen LogP) is 3.73. The van der Waals surface area contributed by atoms with E-state index in [1.807, 2.05) is 24.3 Å². The average Bonchev–Trinajstić information content (AvgIpc) is 3.38. The Bertz CT molecular complexity index is 1200. The highest BCUT2D eigenvalue weighted by molar-refractivity contribution is 7.17. The normalized spacial score (nSPS) is 15.2. The molecule has 1 aliphatic rings. The zero-order valence-corrected chi connectivity index (χ0v) is 17.1. The van der Waals surface area contributed by atoms with Gasteiger partial charge in [-0.1, -0.05) is 17.3 Å². The van der Waals surface area contributed by atoms with Crippen molar-refractivity contribution in [3.63, 3.8) is 0 Å². The average molecular weight is 425 g/mol. The Morgan fingerprint density at radius 3 is 2.83 bits per heavy atom. The van der Waals surface area contributed by atoms with Gasteiger partial charge in [0.25, 0.3) is 5.91 Å². The highest BCUT2D eigenvalue weighted by Gasteiger charge is 2.20. The van der Waals surface area contributed by atoms with Gasteiger partial charge in [-0.25, -0.2) is 4.39 Å². The number of nitrogens with zero attached hydrogens (tertiary/aromatic N) is 3. The van der Waals surface area contributed by atoms with Gasteiger partial charge in [-0.2, -0.15) is 0 Å². The van der Waals surface area contributed by atoms with Crippen LogP contribution >= 0.6 is 11.3 Å². The first kappa shape index (κ1) is 19.0. The van der Waals surface area contributed by atoms with Crippen LogP contribution < -0.4 is 10.2 Å². The van der Waals surface area contributed by atoms with Gasteiger partial charge in [-0.05, 0) is 30.3 Å². The zero-order chi connectivity index (χ0) is 20.5. The summed E-state index contributed by atoms with van der Waals surface area (Å²) in [4.78, 5) is 17.1. The number of aromatic nitrogens is 1. The van der Waals surface area contributed by atoms with E-state index in [1.54, 1.807) is 23.5 Å². The summed E-state index contributed by atoms with van der Waals surface area (Å²) >= 11 is 1.58. The molecule has 4 aromatic rings. The van der Waals surface area contributed by atoms with Gasteiger partial charge in [-0.3, -0.25) is 9.69 Å². The first-order valence-corrected chi connectivity index (χ1v) is 10.8. The second-order valence-electron chi connectivity index (χ2n) is 7.37. The Hall–Kier alpha value is -2.97. The molecule has 0 aliphatic carbocycles. The van der Waals surface area contributed by atoms with Crippen LogP contribution in [0.25, 0.3) is 21.1 Å².